The van der Waals surface area contributed by atoms with Crippen LogP contribution in [0.25, 0.3) is 11.3 Å². The first-order chi connectivity index (χ1) is 8.31. The molecule has 0 fully saturated rings. The second-order valence-electron chi connectivity index (χ2n) is 4.62. The number of aldehydes is 1. The normalized spacial score (nSPS) is 13.7. The van der Waals surface area contributed by atoms with Crippen molar-refractivity contribution >= 4 is 6.29 Å². The van der Waals surface area contributed by atoms with Crippen molar-refractivity contribution in [2.45, 2.75) is 26.3 Å². The van der Waals surface area contributed by atoms with E-state index in [-0.39, 0.29) is 0 Å². The molecule has 1 aliphatic heterocycles. The highest BCUT2D eigenvalue weighted by Crippen LogP contribution is 2.32. The Labute approximate surface area is 101 Å². The molecule has 0 aliphatic carbocycles. The van der Waals surface area contributed by atoms with Crippen LogP contribution in [0.2, 0.25) is 0 Å². The van der Waals surface area contributed by atoms with E-state index in [1.807, 2.05) is 12.1 Å². The molecule has 1 aromatic heterocycles. The number of carbonyl (C=O) groups is 1. The minimum atomic E-state index is 0.817. The van der Waals surface area contributed by atoms with E-state index in [4.69, 9.17) is 0 Å². The number of aromatic nitrogens is 1. The van der Waals surface area contributed by atoms with Gasteiger partial charge in [-0.25, -0.2) is 0 Å². The van der Waals surface area contributed by atoms with Gasteiger partial charge in [-0.1, -0.05) is 24.3 Å². The molecule has 2 heteroatoms. The molecule has 2 heterocycles. The molecular weight excluding hydrogens is 210 g/mol. The van der Waals surface area contributed by atoms with Crippen LogP contribution in [0, 0.1) is 6.92 Å². The maximum absolute atomic E-state index is 11.2. The average molecular weight is 225 g/mol. The summed E-state index contributed by atoms with van der Waals surface area (Å²) in [5.41, 5.74) is 5.67. The SMILES string of the molecule is Cc1cc(C=O)c2n1CCCc1ccccc1-2. The Morgan fingerprint density at radius 1 is 1.29 bits per heavy atom. The number of aryl methyl sites for hydroxylation is 2. The monoisotopic (exact) mass is 225 g/mol. The first-order valence-electron chi connectivity index (χ1n) is 6.05. The van der Waals surface area contributed by atoms with Crippen molar-refractivity contribution < 1.29 is 4.79 Å². The number of fused-ring (bicyclic) bond motifs is 3. The van der Waals surface area contributed by atoms with Gasteiger partial charge in [-0.15, -0.1) is 0 Å². The number of nitrogens with zero attached hydrogens (tertiary/aromatic N) is 1. The molecule has 0 saturated carbocycles. The number of carbonyl (C=O) groups excluding carboxylic acids is 1. The summed E-state index contributed by atoms with van der Waals surface area (Å²) in [4.78, 5) is 11.2. The van der Waals surface area contributed by atoms with Crippen molar-refractivity contribution in [3.8, 4) is 11.3 Å². The van der Waals surface area contributed by atoms with Gasteiger partial charge >= 0.3 is 0 Å². The third-order valence-corrected chi connectivity index (χ3v) is 3.56. The molecule has 3 rings (SSSR count). The molecule has 0 unspecified atom stereocenters. The lowest BCUT2D eigenvalue weighted by Crippen LogP contribution is -2.00. The van der Waals surface area contributed by atoms with Gasteiger partial charge in [0.15, 0.2) is 6.29 Å². The highest BCUT2D eigenvalue weighted by molar-refractivity contribution is 5.88. The Bertz CT molecular complexity index is 581. The largest absolute Gasteiger partial charge is 0.344 e. The van der Waals surface area contributed by atoms with Crippen molar-refractivity contribution in [1.29, 1.82) is 0 Å². The van der Waals surface area contributed by atoms with E-state index in [0.29, 0.717) is 0 Å². The zero-order valence-electron chi connectivity index (χ0n) is 9.94. The van der Waals surface area contributed by atoms with Gasteiger partial charge < -0.3 is 4.57 Å². The molecule has 0 bridgehead atoms. The maximum atomic E-state index is 11.2. The molecule has 86 valence electrons. The topological polar surface area (TPSA) is 22.0 Å². The van der Waals surface area contributed by atoms with E-state index in [0.717, 1.165) is 36.9 Å². The van der Waals surface area contributed by atoms with Crippen LogP contribution in [0.15, 0.2) is 30.3 Å². The predicted octanol–water partition coefficient (Wildman–Crippen LogP) is 3.22. The molecule has 2 nitrogen and oxygen atoms in total. The molecule has 0 spiro atoms. The predicted molar refractivity (Wildman–Crippen MR) is 68.3 cm³/mol. The minimum absolute atomic E-state index is 0.817. The van der Waals surface area contributed by atoms with E-state index in [2.05, 4.69) is 29.7 Å². The fraction of sp³-hybridized carbons (Fsp3) is 0.267. The third-order valence-electron chi connectivity index (χ3n) is 3.56. The van der Waals surface area contributed by atoms with Crippen LogP contribution < -0.4 is 0 Å². The third kappa shape index (κ3) is 1.52. The summed E-state index contributed by atoms with van der Waals surface area (Å²) in [5.74, 6) is 0. The van der Waals surface area contributed by atoms with Gasteiger partial charge in [0, 0.05) is 23.4 Å². The highest BCUT2D eigenvalue weighted by Gasteiger charge is 2.19. The smallest absolute Gasteiger partial charge is 0.152 e. The lowest BCUT2D eigenvalue weighted by molar-refractivity contribution is 0.112. The molecule has 17 heavy (non-hydrogen) atoms. The van der Waals surface area contributed by atoms with Crippen LogP contribution in [0.5, 0.6) is 0 Å². The maximum Gasteiger partial charge on any atom is 0.152 e. The van der Waals surface area contributed by atoms with E-state index in [1.165, 1.54) is 16.8 Å². The van der Waals surface area contributed by atoms with Crippen LogP contribution in [0.4, 0.5) is 0 Å². The Balaban J connectivity index is 2.34. The number of rotatable bonds is 1. The second kappa shape index (κ2) is 3.88. The minimum Gasteiger partial charge on any atom is -0.344 e. The van der Waals surface area contributed by atoms with Crippen LogP contribution in [0.1, 0.15) is 28.0 Å². The van der Waals surface area contributed by atoms with E-state index in [1.54, 1.807) is 0 Å². The zero-order chi connectivity index (χ0) is 11.8. The first-order valence-corrected chi connectivity index (χ1v) is 6.05. The molecule has 1 aliphatic rings. The van der Waals surface area contributed by atoms with Crippen molar-refractivity contribution in [2.24, 2.45) is 0 Å². The molecule has 0 atom stereocenters. The Hall–Kier alpha value is -1.83. The molecular formula is C15H15NO. The highest BCUT2D eigenvalue weighted by atomic mass is 16.1. The summed E-state index contributed by atoms with van der Waals surface area (Å²) < 4.78 is 2.27. The fourth-order valence-corrected chi connectivity index (χ4v) is 2.78. The lowest BCUT2D eigenvalue weighted by Gasteiger charge is -2.09. The molecule has 0 saturated heterocycles. The van der Waals surface area contributed by atoms with Crippen LogP contribution in [-0.2, 0) is 13.0 Å². The molecule has 0 amide bonds. The van der Waals surface area contributed by atoms with E-state index < -0.39 is 0 Å². The van der Waals surface area contributed by atoms with Gasteiger partial charge in [0.1, 0.15) is 0 Å². The average Bonchev–Trinajstić information content (AvgIpc) is 2.56. The van der Waals surface area contributed by atoms with Gasteiger partial charge in [0.25, 0.3) is 0 Å². The van der Waals surface area contributed by atoms with Crippen molar-refractivity contribution in [2.75, 3.05) is 0 Å². The van der Waals surface area contributed by atoms with Gasteiger partial charge in [0.2, 0.25) is 0 Å². The van der Waals surface area contributed by atoms with Gasteiger partial charge in [-0.3, -0.25) is 4.79 Å². The van der Waals surface area contributed by atoms with Crippen LogP contribution in [0.3, 0.4) is 0 Å². The summed E-state index contributed by atoms with van der Waals surface area (Å²) in [6.07, 6.45) is 3.20. The van der Waals surface area contributed by atoms with Gasteiger partial charge in [0.05, 0.1) is 5.69 Å². The van der Waals surface area contributed by atoms with Gasteiger partial charge in [-0.2, -0.15) is 0 Å². The standard InChI is InChI=1S/C15H15NO/c1-11-9-13(10-17)15-14-7-3-2-5-12(14)6-4-8-16(11)15/h2-3,5,7,9-10H,4,6,8H2,1H3. The summed E-state index contributed by atoms with van der Waals surface area (Å²) in [7, 11) is 0. The molecule has 0 radical (unpaired) electrons. The molecule has 0 N–H and O–H groups in total. The molecule has 1 aromatic carbocycles. The Morgan fingerprint density at radius 3 is 2.94 bits per heavy atom. The number of hydrogen-bond donors (Lipinski definition) is 0. The summed E-state index contributed by atoms with van der Waals surface area (Å²) in [6, 6.07) is 10.4. The fourth-order valence-electron chi connectivity index (χ4n) is 2.78. The molecule has 2 aromatic rings. The zero-order valence-corrected chi connectivity index (χ0v) is 9.94. The summed E-state index contributed by atoms with van der Waals surface area (Å²) in [6.45, 7) is 3.08. The number of hydrogen-bond acceptors (Lipinski definition) is 1. The summed E-state index contributed by atoms with van der Waals surface area (Å²) >= 11 is 0. The Kier molecular flexibility index (Phi) is 2.36. The lowest BCUT2D eigenvalue weighted by atomic mass is 10.00. The van der Waals surface area contributed by atoms with E-state index >= 15 is 0 Å². The second-order valence-corrected chi connectivity index (χ2v) is 4.62. The first kappa shape index (κ1) is 10.3. The van der Waals surface area contributed by atoms with Crippen molar-refractivity contribution in [3.05, 3.63) is 47.2 Å². The van der Waals surface area contributed by atoms with Gasteiger partial charge in [-0.05, 0) is 31.4 Å². The quantitative estimate of drug-likeness (QED) is 0.683. The Morgan fingerprint density at radius 2 is 2.12 bits per heavy atom. The summed E-state index contributed by atoms with van der Waals surface area (Å²) in [5, 5.41) is 0. The van der Waals surface area contributed by atoms with Crippen LogP contribution in [-0.4, -0.2) is 10.9 Å². The van der Waals surface area contributed by atoms with Crippen molar-refractivity contribution in [3.63, 3.8) is 0 Å². The van der Waals surface area contributed by atoms with Crippen LogP contribution >= 0.6 is 0 Å². The van der Waals surface area contributed by atoms with Crippen molar-refractivity contribution in [1.82, 2.24) is 4.57 Å². The van der Waals surface area contributed by atoms with E-state index in [9.17, 15) is 4.79 Å². The number of benzene rings is 1.